The molecule has 6 nitrogen and oxygen atoms in total. The molecule has 0 radical (unpaired) electrons. The molecular weight excluding hydrogens is 222 g/mol. The Morgan fingerprint density at radius 3 is 2.94 bits per heavy atom. The number of aromatic nitrogens is 2. The van der Waals surface area contributed by atoms with Crippen LogP contribution in [0, 0.1) is 11.3 Å². The van der Waals surface area contributed by atoms with Gasteiger partial charge in [0.05, 0.1) is 12.1 Å². The number of rotatable bonds is 2. The number of hydrogen-bond donors (Lipinski definition) is 1. The summed E-state index contributed by atoms with van der Waals surface area (Å²) in [6.45, 7) is 0. The molecule has 0 saturated heterocycles. The number of nitrogens with one attached hydrogen (secondary N) is 1. The van der Waals surface area contributed by atoms with Gasteiger partial charge in [0.15, 0.2) is 0 Å². The minimum atomic E-state index is -0.638. The van der Waals surface area contributed by atoms with E-state index < -0.39 is 11.2 Å². The second kappa shape index (κ2) is 4.55. The average molecular weight is 235 g/mol. The third-order valence-electron chi connectivity index (χ3n) is 3.17. The molecule has 0 amide bonds. The van der Waals surface area contributed by atoms with Gasteiger partial charge in [0.25, 0.3) is 5.56 Å². The van der Waals surface area contributed by atoms with Crippen LogP contribution in [0.2, 0.25) is 0 Å². The van der Waals surface area contributed by atoms with Gasteiger partial charge in [-0.05, 0) is 19.3 Å². The Kier molecular flexibility index (Phi) is 3.11. The van der Waals surface area contributed by atoms with Crippen molar-refractivity contribution in [1.82, 2.24) is 9.55 Å². The summed E-state index contributed by atoms with van der Waals surface area (Å²) in [6, 6.07) is 1.67. The molecule has 17 heavy (non-hydrogen) atoms. The maximum atomic E-state index is 11.7. The van der Waals surface area contributed by atoms with Crippen molar-refractivity contribution in [2.24, 2.45) is 0 Å². The normalized spacial score (nSPS) is 23.5. The van der Waals surface area contributed by atoms with Gasteiger partial charge in [-0.15, -0.1) is 0 Å². The first-order chi connectivity index (χ1) is 8.17. The van der Waals surface area contributed by atoms with Crippen molar-refractivity contribution < 1.29 is 4.74 Å². The first kappa shape index (κ1) is 11.6. The second-order valence-corrected chi connectivity index (χ2v) is 4.09. The van der Waals surface area contributed by atoms with Gasteiger partial charge in [-0.3, -0.25) is 14.3 Å². The third kappa shape index (κ3) is 2.01. The molecule has 1 fully saturated rings. The highest BCUT2D eigenvalue weighted by Crippen LogP contribution is 2.30. The Morgan fingerprint density at radius 1 is 1.53 bits per heavy atom. The first-order valence-electron chi connectivity index (χ1n) is 5.45. The Balaban J connectivity index is 2.49. The first-order valence-corrected chi connectivity index (χ1v) is 5.45. The number of H-pyrrole nitrogens is 1. The standard InChI is InChI=1S/C11H13N3O3/c1-17-9-4-2-3-8(9)14-6-7(5-12)10(15)13-11(14)16/h6,8-9H,2-4H2,1H3,(H,13,15,16). The number of aromatic amines is 1. The molecule has 1 heterocycles. The smallest absolute Gasteiger partial charge is 0.328 e. The van der Waals surface area contributed by atoms with Crippen LogP contribution in [0.4, 0.5) is 0 Å². The summed E-state index contributed by atoms with van der Waals surface area (Å²) in [5.41, 5.74) is -1.17. The fourth-order valence-electron chi connectivity index (χ4n) is 2.31. The van der Waals surface area contributed by atoms with E-state index in [1.165, 1.54) is 10.8 Å². The zero-order valence-corrected chi connectivity index (χ0v) is 9.47. The van der Waals surface area contributed by atoms with Gasteiger partial charge in [-0.2, -0.15) is 5.26 Å². The van der Waals surface area contributed by atoms with Gasteiger partial charge < -0.3 is 4.74 Å². The van der Waals surface area contributed by atoms with Crippen LogP contribution in [0.5, 0.6) is 0 Å². The van der Waals surface area contributed by atoms with Crippen molar-refractivity contribution in [2.45, 2.75) is 31.4 Å². The third-order valence-corrected chi connectivity index (χ3v) is 3.17. The molecule has 1 N–H and O–H groups in total. The lowest BCUT2D eigenvalue weighted by Gasteiger charge is -2.20. The Hall–Kier alpha value is -1.87. The minimum Gasteiger partial charge on any atom is -0.379 e. The van der Waals surface area contributed by atoms with Crippen LogP contribution in [0.3, 0.4) is 0 Å². The Bertz CT molecular complexity index is 567. The van der Waals surface area contributed by atoms with Crippen molar-refractivity contribution in [3.8, 4) is 6.07 Å². The highest BCUT2D eigenvalue weighted by Gasteiger charge is 2.29. The van der Waals surface area contributed by atoms with Gasteiger partial charge in [-0.1, -0.05) is 0 Å². The van der Waals surface area contributed by atoms with E-state index in [1.54, 1.807) is 13.2 Å². The van der Waals surface area contributed by atoms with Crippen LogP contribution in [-0.2, 0) is 4.74 Å². The van der Waals surface area contributed by atoms with Gasteiger partial charge in [-0.25, -0.2) is 4.79 Å². The zero-order valence-electron chi connectivity index (χ0n) is 9.47. The van der Waals surface area contributed by atoms with Crippen molar-refractivity contribution in [3.05, 3.63) is 32.6 Å². The molecule has 1 aliphatic rings. The quantitative estimate of drug-likeness (QED) is 0.790. The van der Waals surface area contributed by atoms with Crippen molar-refractivity contribution in [3.63, 3.8) is 0 Å². The summed E-state index contributed by atoms with van der Waals surface area (Å²) in [7, 11) is 1.60. The molecule has 1 aliphatic carbocycles. The van der Waals surface area contributed by atoms with E-state index in [2.05, 4.69) is 4.98 Å². The highest BCUT2D eigenvalue weighted by molar-refractivity contribution is 5.22. The molecule has 1 saturated carbocycles. The van der Waals surface area contributed by atoms with Crippen molar-refractivity contribution >= 4 is 0 Å². The topological polar surface area (TPSA) is 87.9 Å². The zero-order chi connectivity index (χ0) is 12.4. The molecule has 0 spiro atoms. The van der Waals surface area contributed by atoms with Crippen LogP contribution in [0.1, 0.15) is 30.9 Å². The molecule has 0 aromatic carbocycles. The lowest BCUT2D eigenvalue weighted by Crippen LogP contribution is -2.36. The van der Waals surface area contributed by atoms with E-state index in [0.717, 1.165) is 19.3 Å². The molecule has 1 aromatic heterocycles. The number of nitrogens with zero attached hydrogens (tertiary/aromatic N) is 2. The molecule has 2 unspecified atom stereocenters. The highest BCUT2D eigenvalue weighted by atomic mass is 16.5. The van der Waals surface area contributed by atoms with Crippen LogP contribution in [0.25, 0.3) is 0 Å². The molecule has 2 atom stereocenters. The lowest BCUT2D eigenvalue weighted by atomic mass is 10.2. The summed E-state index contributed by atoms with van der Waals surface area (Å²) in [5.74, 6) is 0. The lowest BCUT2D eigenvalue weighted by molar-refractivity contribution is 0.0733. The molecular formula is C11H13N3O3. The monoisotopic (exact) mass is 235 g/mol. The molecule has 1 aromatic rings. The fraction of sp³-hybridized carbons (Fsp3) is 0.545. The molecule has 0 bridgehead atoms. The Labute approximate surface area is 97.5 Å². The Morgan fingerprint density at radius 2 is 2.29 bits per heavy atom. The largest absolute Gasteiger partial charge is 0.379 e. The maximum Gasteiger partial charge on any atom is 0.328 e. The number of nitriles is 1. The average Bonchev–Trinajstić information content (AvgIpc) is 2.77. The predicted octanol–water partition coefficient (Wildman–Crippen LogP) is 0.148. The van der Waals surface area contributed by atoms with E-state index in [1.807, 2.05) is 0 Å². The van der Waals surface area contributed by atoms with Gasteiger partial charge >= 0.3 is 5.69 Å². The van der Waals surface area contributed by atoms with Gasteiger partial charge in [0.1, 0.15) is 11.6 Å². The SMILES string of the molecule is COC1CCCC1n1cc(C#N)c(=O)[nH]c1=O. The summed E-state index contributed by atoms with van der Waals surface area (Å²) in [4.78, 5) is 25.1. The van der Waals surface area contributed by atoms with E-state index in [9.17, 15) is 9.59 Å². The summed E-state index contributed by atoms with van der Waals surface area (Å²) < 4.78 is 6.71. The van der Waals surface area contributed by atoms with Crippen LogP contribution in [-0.4, -0.2) is 22.8 Å². The van der Waals surface area contributed by atoms with E-state index >= 15 is 0 Å². The summed E-state index contributed by atoms with van der Waals surface area (Å²) in [6.07, 6.45) is 3.95. The molecule has 6 heteroatoms. The number of methoxy groups -OCH3 is 1. The van der Waals surface area contributed by atoms with Crippen molar-refractivity contribution in [2.75, 3.05) is 7.11 Å². The summed E-state index contributed by atoms with van der Waals surface area (Å²) in [5, 5.41) is 8.78. The molecule has 2 rings (SSSR count). The van der Waals surface area contributed by atoms with Crippen LogP contribution < -0.4 is 11.2 Å². The predicted molar refractivity (Wildman–Crippen MR) is 59.7 cm³/mol. The fourth-order valence-corrected chi connectivity index (χ4v) is 2.31. The summed E-state index contributed by atoms with van der Waals surface area (Å²) >= 11 is 0. The van der Waals surface area contributed by atoms with Crippen LogP contribution in [0.15, 0.2) is 15.8 Å². The van der Waals surface area contributed by atoms with E-state index in [4.69, 9.17) is 10.00 Å². The molecule has 0 aliphatic heterocycles. The van der Waals surface area contributed by atoms with Crippen LogP contribution >= 0.6 is 0 Å². The molecule has 90 valence electrons. The number of hydrogen-bond acceptors (Lipinski definition) is 4. The van der Waals surface area contributed by atoms with Gasteiger partial charge in [0, 0.05) is 13.3 Å². The van der Waals surface area contributed by atoms with Crippen molar-refractivity contribution in [1.29, 1.82) is 5.26 Å². The maximum absolute atomic E-state index is 11.7. The number of ether oxygens (including phenoxy) is 1. The van der Waals surface area contributed by atoms with E-state index in [-0.39, 0.29) is 17.7 Å². The minimum absolute atomic E-state index is 0.0369. The second-order valence-electron chi connectivity index (χ2n) is 4.09. The van der Waals surface area contributed by atoms with E-state index in [0.29, 0.717) is 0 Å². The van der Waals surface area contributed by atoms with Gasteiger partial charge in [0.2, 0.25) is 0 Å².